The molecule has 12 heteroatoms. The SMILES string of the molecule is CCc1cn(CCCC[C@H](NC(=O)N[C@@H](CCC(=O)O)C(=O)O)C(=O)O)nn1. The highest BCUT2D eigenvalue weighted by Crippen LogP contribution is 2.05. The van der Waals surface area contributed by atoms with E-state index in [9.17, 15) is 24.3 Å². The number of urea groups is 1. The molecule has 0 aliphatic heterocycles. The number of amides is 2. The van der Waals surface area contributed by atoms with E-state index in [1.165, 1.54) is 0 Å². The maximum Gasteiger partial charge on any atom is 0.326 e. The zero-order valence-electron chi connectivity index (χ0n) is 15.5. The predicted octanol–water partition coefficient (Wildman–Crippen LogP) is 0.0812. The van der Waals surface area contributed by atoms with Gasteiger partial charge in [-0.25, -0.2) is 14.4 Å². The molecule has 28 heavy (non-hydrogen) atoms. The number of carbonyl (C=O) groups excluding carboxylic acids is 1. The van der Waals surface area contributed by atoms with Crippen molar-refractivity contribution in [1.29, 1.82) is 0 Å². The highest BCUT2D eigenvalue weighted by atomic mass is 16.4. The third-order valence-electron chi connectivity index (χ3n) is 3.93. The molecule has 2 amide bonds. The topological polar surface area (TPSA) is 184 Å². The number of hydrogen-bond donors (Lipinski definition) is 5. The van der Waals surface area contributed by atoms with E-state index in [4.69, 9.17) is 10.2 Å². The van der Waals surface area contributed by atoms with Crippen LogP contribution in [0, 0.1) is 0 Å². The first-order valence-electron chi connectivity index (χ1n) is 8.86. The van der Waals surface area contributed by atoms with Gasteiger partial charge in [-0.2, -0.15) is 0 Å². The zero-order valence-corrected chi connectivity index (χ0v) is 15.5. The number of carbonyl (C=O) groups is 4. The Labute approximate surface area is 160 Å². The van der Waals surface area contributed by atoms with Crippen molar-refractivity contribution in [3.8, 4) is 0 Å². The molecule has 0 saturated heterocycles. The second kappa shape index (κ2) is 11.5. The molecule has 0 spiro atoms. The summed E-state index contributed by atoms with van der Waals surface area (Å²) in [5, 5.41) is 39.0. The molecule has 0 bridgehead atoms. The Hall–Kier alpha value is -3.18. The van der Waals surface area contributed by atoms with Gasteiger partial charge >= 0.3 is 23.9 Å². The maximum atomic E-state index is 11.9. The van der Waals surface area contributed by atoms with E-state index in [1.807, 2.05) is 13.1 Å². The van der Waals surface area contributed by atoms with Gasteiger partial charge in [-0.3, -0.25) is 9.48 Å². The highest BCUT2D eigenvalue weighted by Gasteiger charge is 2.24. The molecule has 1 aromatic heterocycles. The molecule has 0 aliphatic carbocycles. The second-order valence-electron chi connectivity index (χ2n) is 6.15. The molecule has 0 radical (unpaired) electrons. The molecule has 1 rings (SSSR count). The zero-order chi connectivity index (χ0) is 21.1. The van der Waals surface area contributed by atoms with Crippen LogP contribution in [-0.2, 0) is 27.3 Å². The normalized spacial score (nSPS) is 12.8. The summed E-state index contributed by atoms with van der Waals surface area (Å²) in [6.45, 7) is 2.51. The molecule has 12 nitrogen and oxygen atoms in total. The Kier molecular flexibility index (Phi) is 9.40. The molecule has 0 unspecified atom stereocenters. The number of rotatable bonds is 13. The number of aliphatic carboxylic acids is 3. The maximum absolute atomic E-state index is 11.9. The number of aromatic nitrogens is 3. The summed E-state index contributed by atoms with van der Waals surface area (Å²) in [5.41, 5.74) is 0.859. The van der Waals surface area contributed by atoms with Crippen LogP contribution in [0.2, 0.25) is 0 Å². The van der Waals surface area contributed by atoms with Crippen molar-refractivity contribution in [2.75, 3.05) is 0 Å². The second-order valence-corrected chi connectivity index (χ2v) is 6.15. The third-order valence-corrected chi connectivity index (χ3v) is 3.93. The highest BCUT2D eigenvalue weighted by molar-refractivity contribution is 5.86. The number of nitrogens with one attached hydrogen (secondary N) is 2. The lowest BCUT2D eigenvalue weighted by Gasteiger charge is -2.18. The van der Waals surface area contributed by atoms with Gasteiger partial charge in [0.2, 0.25) is 0 Å². The number of hydrogen-bond acceptors (Lipinski definition) is 6. The summed E-state index contributed by atoms with van der Waals surface area (Å²) in [4.78, 5) is 44.8. The van der Waals surface area contributed by atoms with Gasteiger partial charge in [0, 0.05) is 19.2 Å². The smallest absolute Gasteiger partial charge is 0.326 e. The standard InChI is InChI=1S/C16H25N5O7/c1-2-10-9-21(20-19-10)8-4-3-5-11(14(24)25)17-16(28)18-12(15(26)27)6-7-13(22)23/h9,11-12H,2-8H2,1H3,(H,22,23)(H,24,25)(H,26,27)(H2,17,18,28)/t11-,12-/m0/s1. The van der Waals surface area contributed by atoms with Crippen LogP contribution >= 0.6 is 0 Å². The number of nitrogens with zero attached hydrogens (tertiary/aromatic N) is 3. The monoisotopic (exact) mass is 399 g/mol. The average molecular weight is 399 g/mol. The molecule has 5 N–H and O–H groups in total. The summed E-state index contributed by atoms with van der Waals surface area (Å²) in [7, 11) is 0. The number of carboxylic acid groups (broad SMARTS) is 3. The lowest BCUT2D eigenvalue weighted by atomic mass is 10.1. The van der Waals surface area contributed by atoms with E-state index >= 15 is 0 Å². The van der Waals surface area contributed by atoms with Crippen molar-refractivity contribution in [1.82, 2.24) is 25.6 Å². The number of unbranched alkanes of at least 4 members (excludes halogenated alkanes) is 1. The van der Waals surface area contributed by atoms with E-state index in [1.54, 1.807) is 4.68 Å². The fourth-order valence-electron chi connectivity index (χ4n) is 2.37. The Bertz CT molecular complexity index is 691. The molecule has 0 aliphatic rings. The van der Waals surface area contributed by atoms with Gasteiger partial charge in [0.05, 0.1) is 5.69 Å². The van der Waals surface area contributed by atoms with Crippen LogP contribution in [0.1, 0.15) is 44.7 Å². The first-order valence-corrected chi connectivity index (χ1v) is 8.86. The molecule has 156 valence electrons. The number of carboxylic acids is 3. The van der Waals surface area contributed by atoms with Crippen molar-refractivity contribution in [2.45, 2.75) is 64.1 Å². The van der Waals surface area contributed by atoms with Crippen LogP contribution in [0.4, 0.5) is 4.79 Å². The van der Waals surface area contributed by atoms with Crippen LogP contribution < -0.4 is 10.6 Å². The van der Waals surface area contributed by atoms with Gasteiger partial charge in [-0.05, 0) is 32.1 Å². The Morgan fingerprint density at radius 1 is 1.04 bits per heavy atom. The minimum Gasteiger partial charge on any atom is -0.481 e. The molecule has 1 aromatic rings. The summed E-state index contributed by atoms with van der Waals surface area (Å²) in [6.07, 6.45) is 3.07. The van der Waals surface area contributed by atoms with Crippen LogP contribution in [0.5, 0.6) is 0 Å². The van der Waals surface area contributed by atoms with Crippen molar-refractivity contribution >= 4 is 23.9 Å². The molecule has 0 saturated carbocycles. The van der Waals surface area contributed by atoms with Gasteiger partial charge in [0.15, 0.2) is 0 Å². The van der Waals surface area contributed by atoms with E-state index in [0.717, 1.165) is 12.1 Å². The summed E-state index contributed by atoms with van der Waals surface area (Å²) < 4.78 is 1.66. The van der Waals surface area contributed by atoms with Crippen LogP contribution in [-0.4, -0.2) is 66.3 Å². The molecule has 2 atom stereocenters. The van der Waals surface area contributed by atoms with Gasteiger partial charge in [-0.15, -0.1) is 5.10 Å². The quantitative estimate of drug-likeness (QED) is 0.287. The fourth-order valence-corrected chi connectivity index (χ4v) is 2.37. The Morgan fingerprint density at radius 3 is 2.14 bits per heavy atom. The van der Waals surface area contributed by atoms with Gasteiger partial charge in [0.25, 0.3) is 0 Å². The first kappa shape index (κ1) is 22.9. The summed E-state index contributed by atoms with van der Waals surface area (Å²) >= 11 is 0. The van der Waals surface area contributed by atoms with Gasteiger partial charge < -0.3 is 26.0 Å². The van der Waals surface area contributed by atoms with Gasteiger partial charge in [-0.1, -0.05) is 12.1 Å². The first-order chi connectivity index (χ1) is 13.2. The average Bonchev–Trinajstić information content (AvgIpc) is 3.08. The Morgan fingerprint density at radius 2 is 1.64 bits per heavy atom. The van der Waals surface area contributed by atoms with Crippen LogP contribution in [0.15, 0.2) is 6.20 Å². The van der Waals surface area contributed by atoms with Crippen molar-refractivity contribution in [3.63, 3.8) is 0 Å². The van der Waals surface area contributed by atoms with Crippen LogP contribution in [0.3, 0.4) is 0 Å². The summed E-state index contributed by atoms with van der Waals surface area (Å²) in [6, 6.07) is -3.60. The van der Waals surface area contributed by atoms with Crippen molar-refractivity contribution in [3.05, 3.63) is 11.9 Å². The third kappa shape index (κ3) is 8.47. The molecular formula is C16H25N5O7. The fraction of sp³-hybridized carbons (Fsp3) is 0.625. The van der Waals surface area contributed by atoms with E-state index < -0.39 is 42.4 Å². The van der Waals surface area contributed by atoms with Crippen LogP contribution in [0.25, 0.3) is 0 Å². The van der Waals surface area contributed by atoms with E-state index in [-0.39, 0.29) is 12.8 Å². The largest absolute Gasteiger partial charge is 0.481 e. The van der Waals surface area contributed by atoms with E-state index in [2.05, 4.69) is 20.9 Å². The lowest BCUT2D eigenvalue weighted by Crippen LogP contribution is -2.51. The number of aryl methyl sites for hydroxylation is 2. The predicted molar refractivity (Wildman–Crippen MR) is 94.6 cm³/mol. The van der Waals surface area contributed by atoms with Crippen molar-refractivity contribution < 1.29 is 34.5 Å². The molecular weight excluding hydrogens is 374 g/mol. The minimum atomic E-state index is -1.43. The van der Waals surface area contributed by atoms with Crippen molar-refractivity contribution in [2.24, 2.45) is 0 Å². The van der Waals surface area contributed by atoms with E-state index in [0.29, 0.717) is 19.4 Å². The Balaban J connectivity index is 2.44. The van der Waals surface area contributed by atoms with Gasteiger partial charge in [0.1, 0.15) is 12.1 Å². The molecule has 0 fully saturated rings. The lowest BCUT2D eigenvalue weighted by molar-refractivity contribution is -0.140. The summed E-state index contributed by atoms with van der Waals surface area (Å²) in [5.74, 6) is -3.85. The minimum absolute atomic E-state index is 0.144. The molecule has 1 heterocycles. The molecule has 0 aromatic carbocycles.